The molecule has 3 heterocycles. The summed E-state index contributed by atoms with van der Waals surface area (Å²) in [6.07, 6.45) is 6.79. The summed E-state index contributed by atoms with van der Waals surface area (Å²) < 4.78 is 5.24. The van der Waals surface area contributed by atoms with Gasteiger partial charge in [0.2, 0.25) is 0 Å². The lowest BCUT2D eigenvalue weighted by Crippen LogP contribution is -2.54. The van der Waals surface area contributed by atoms with Gasteiger partial charge < -0.3 is 14.5 Å². The van der Waals surface area contributed by atoms with Crippen molar-refractivity contribution in [3.8, 4) is 11.4 Å². The molecule has 174 valence electrons. The van der Waals surface area contributed by atoms with Gasteiger partial charge in [0.25, 0.3) is 0 Å². The molecule has 33 heavy (non-hydrogen) atoms. The van der Waals surface area contributed by atoms with Crippen LogP contribution in [0.4, 0.5) is 5.69 Å². The molecule has 2 aliphatic rings. The maximum absolute atomic E-state index is 10.9. The monoisotopic (exact) mass is 448 g/mol. The Bertz CT molecular complexity index is 1080. The highest BCUT2D eigenvalue weighted by atomic mass is 16.5. The Morgan fingerprint density at radius 2 is 1.73 bits per heavy atom. The summed E-state index contributed by atoms with van der Waals surface area (Å²) in [5.41, 5.74) is 3.65. The first-order valence-electron chi connectivity index (χ1n) is 11.5. The third-order valence-corrected chi connectivity index (χ3v) is 7.63. The standard InChI is InChI=1S/C25H32N6O2/c1-17-21(18(2)33-29-17)22-26-14-20(15-27-22)31-16-24(28-23(31)32)10-12-25(13-11-24,30(3)4)19-8-6-5-7-9-19/h5-9,14-15,23,28,32H,10-13,16H2,1-4H3. The highest BCUT2D eigenvalue weighted by Crippen LogP contribution is 2.46. The van der Waals surface area contributed by atoms with Gasteiger partial charge in [-0.05, 0) is 59.2 Å². The lowest BCUT2D eigenvalue weighted by Gasteiger charge is -2.49. The normalized spacial score (nSPS) is 27.6. The van der Waals surface area contributed by atoms with E-state index in [1.165, 1.54) is 5.56 Å². The Balaban J connectivity index is 1.33. The second-order valence-electron chi connectivity index (χ2n) is 9.68. The average Bonchev–Trinajstić information content (AvgIpc) is 3.33. The third-order valence-electron chi connectivity index (χ3n) is 7.63. The predicted molar refractivity (Wildman–Crippen MR) is 126 cm³/mol. The van der Waals surface area contributed by atoms with Crippen molar-refractivity contribution in [2.75, 3.05) is 25.5 Å². The molecule has 5 rings (SSSR count). The molecule has 1 aliphatic heterocycles. The third kappa shape index (κ3) is 3.72. The SMILES string of the molecule is Cc1noc(C)c1-c1ncc(N2CC3(CCC(c4ccccc4)(N(C)C)CC3)NC2O)cn1. The Morgan fingerprint density at radius 3 is 2.30 bits per heavy atom. The van der Waals surface area contributed by atoms with Gasteiger partial charge in [-0.1, -0.05) is 35.5 Å². The van der Waals surface area contributed by atoms with E-state index in [1.54, 1.807) is 12.4 Å². The molecule has 1 atom stereocenters. The lowest BCUT2D eigenvalue weighted by molar-refractivity contribution is 0.0513. The molecule has 2 fully saturated rings. The molecule has 1 aliphatic carbocycles. The number of rotatable bonds is 4. The van der Waals surface area contributed by atoms with Crippen LogP contribution in [0.5, 0.6) is 0 Å². The van der Waals surface area contributed by atoms with Crippen LogP contribution in [-0.4, -0.2) is 57.7 Å². The van der Waals surface area contributed by atoms with Crippen molar-refractivity contribution in [2.45, 2.75) is 57.0 Å². The average molecular weight is 449 g/mol. The van der Waals surface area contributed by atoms with Gasteiger partial charge in [0.1, 0.15) is 5.76 Å². The molecule has 3 aromatic rings. The number of aliphatic hydroxyl groups is 1. The van der Waals surface area contributed by atoms with Crippen LogP contribution in [0.15, 0.2) is 47.2 Å². The van der Waals surface area contributed by atoms with Crippen molar-refractivity contribution in [1.29, 1.82) is 0 Å². The molecular weight excluding hydrogens is 416 g/mol. The first-order valence-corrected chi connectivity index (χ1v) is 11.5. The largest absolute Gasteiger partial charge is 0.361 e. The molecule has 1 aromatic carbocycles. The van der Waals surface area contributed by atoms with E-state index in [9.17, 15) is 5.11 Å². The van der Waals surface area contributed by atoms with Crippen LogP contribution in [0, 0.1) is 13.8 Å². The maximum atomic E-state index is 10.9. The fraction of sp³-hybridized carbons (Fsp3) is 0.480. The molecular formula is C25H32N6O2. The topological polar surface area (TPSA) is 90.6 Å². The van der Waals surface area contributed by atoms with Crippen molar-refractivity contribution in [3.05, 3.63) is 59.7 Å². The Labute approximate surface area is 194 Å². The quantitative estimate of drug-likeness (QED) is 0.629. The summed E-state index contributed by atoms with van der Waals surface area (Å²) >= 11 is 0. The van der Waals surface area contributed by atoms with Gasteiger partial charge in [-0.2, -0.15) is 0 Å². The Morgan fingerprint density at radius 1 is 1.06 bits per heavy atom. The van der Waals surface area contributed by atoms with Gasteiger partial charge in [-0.3, -0.25) is 10.2 Å². The minimum absolute atomic E-state index is 0.0195. The van der Waals surface area contributed by atoms with E-state index in [4.69, 9.17) is 4.52 Å². The number of nitrogens with one attached hydrogen (secondary N) is 1. The van der Waals surface area contributed by atoms with Crippen molar-refractivity contribution >= 4 is 5.69 Å². The maximum Gasteiger partial charge on any atom is 0.184 e. The molecule has 1 spiro atoms. The predicted octanol–water partition coefficient (Wildman–Crippen LogP) is 3.20. The van der Waals surface area contributed by atoms with Gasteiger partial charge >= 0.3 is 0 Å². The fourth-order valence-electron chi connectivity index (χ4n) is 5.63. The zero-order chi connectivity index (χ0) is 23.2. The van der Waals surface area contributed by atoms with Crippen LogP contribution in [0.2, 0.25) is 0 Å². The van der Waals surface area contributed by atoms with E-state index >= 15 is 0 Å². The van der Waals surface area contributed by atoms with Crippen LogP contribution < -0.4 is 10.2 Å². The van der Waals surface area contributed by atoms with E-state index in [0.717, 1.165) is 49.2 Å². The Hall–Kier alpha value is -2.81. The number of nitrogens with zero attached hydrogens (tertiary/aromatic N) is 5. The van der Waals surface area contributed by atoms with Crippen LogP contribution in [-0.2, 0) is 5.54 Å². The summed E-state index contributed by atoms with van der Waals surface area (Å²) in [6, 6.07) is 10.8. The van der Waals surface area contributed by atoms with E-state index < -0.39 is 6.35 Å². The van der Waals surface area contributed by atoms with Crippen LogP contribution in [0.3, 0.4) is 0 Å². The number of anilines is 1. The van der Waals surface area contributed by atoms with E-state index in [-0.39, 0.29) is 11.1 Å². The van der Waals surface area contributed by atoms with Gasteiger partial charge in [0.15, 0.2) is 12.2 Å². The first-order chi connectivity index (χ1) is 15.8. The van der Waals surface area contributed by atoms with Crippen LogP contribution in [0.25, 0.3) is 11.4 Å². The number of hydrogen-bond donors (Lipinski definition) is 2. The van der Waals surface area contributed by atoms with Crippen molar-refractivity contribution in [3.63, 3.8) is 0 Å². The summed E-state index contributed by atoms with van der Waals surface area (Å²) in [5.74, 6) is 1.29. The number of aryl methyl sites for hydroxylation is 2. The molecule has 1 unspecified atom stereocenters. The van der Waals surface area contributed by atoms with Crippen molar-refractivity contribution in [1.82, 2.24) is 25.3 Å². The molecule has 1 saturated heterocycles. The number of benzene rings is 1. The number of hydrogen-bond acceptors (Lipinski definition) is 8. The molecule has 8 heteroatoms. The molecule has 8 nitrogen and oxygen atoms in total. The summed E-state index contributed by atoms with van der Waals surface area (Å²) in [6.45, 7) is 4.46. The molecule has 1 saturated carbocycles. The Kier molecular flexibility index (Phi) is 5.47. The molecule has 2 N–H and O–H groups in total. The summed E-state index contributed by atoms with van der Waals surface area (Å²) in [5, 5.41) is 18.4. The second kappa shape index (κ2) is 8.20. The lowest BCUT2D eigenvalue weighted by atomic mass is 9.69. The highest BCUT2D eigenvalue weighted by Gasteiger charge is 2.50. The van der Waals surface area contributed by atoms with Crippen molar-refractivity contribution < 1.29 is 9.63 Å². The minimum atomic E-state index is -0.762. The van der Waals surface area contributed by atoms with Crippen LogP contribution in [0.1, 0.15) is 42.7 Å². The zero-order valence-electron chi connectivity index (χ0n) is 19.7. The van der Waals surface area contributed by atoms with E-state index in [0.29, 0.717) is 11.6 Å². The smallest absolute Gasteiger partial charge is 0.184 e. The second-order valence-corrected chi connectivity index (χ2v) is 9.68. The van der Waals surface area contributed by atoms with Gasteiger partial charge in [0.05, 0.1) is 29.3 Å². The van der Waals surface area contributed by atoms with Gasteiger partial charge in [-0.15, -0.1) is 0 Å². The summed E-state index contributed by atoms with van der Waals surface area (Å²) in [4.78, 5) is 13.4. The molecule has 0 radical (unpaired) electrons. The first kappa shape index (κ1) is 22.0. The zero-order valence-corrected chi connectivity index (χ0v) is 19.7. The highest BCUT2D eigenvalue weighted by molar-refractivity contribution is 5.61. The minimum Gasteiger partial charge on any atom is -0.361 e. The number of aromatic nitrogens is 3. The van der Waals surface area contributed by atoms with E-state index in [1.807, 2.05) is 18.7 Å². The molecule has 0 bridgehead atoms. The van der Waals surface area contributed by atoms with Crippen molar-refractivity contribution in [2.24, 2.45) is 0 Å². The van der Waals surface area contributed by atoms with Gasteiger partial charge in [0, 0.05) is 17.6 Å². The molecule has 0 amide bonds. The molecule has 2 aromatic heterocycles. The van der Waals surface area contributed by atoms with Gasteiger partial charge in [-0.25, -0.2) is 9.97 Å². The fourth-order valence-corrected chi connectivity index (χ4v) is 5.63. The summed E-state index contributed by atoms with van der Waals surface area (Å²) in [7, 11) is 4.35. The number of aliphatic hydroxyl groups excluding tert-OH is 1. The van der Waals surface area contributed by atoms with E-state index in [2.05, 4.69) is 69.8 Å². The van der Waals surface area contributed by atoms with Crippen LogP contribution >= 0.6 is 0 Å².